The molecule has 2 aromatic rings. The SMILES string of the molecule is C#C[C@H](C)[C@H](OC1CCCCO1)[C@@H](C)CC[C@H](OC)c1cccc(OCc2ccccc2)c1. The van der Waals surface area contributed by atoms with E-state index in [0.717, 1.165) is 55.6 Å². The number of ether oxygens (including phenoxy) is 4. The maximum atomic E-state index is 6.35. The molecule has 3 rings (SSSR count). The quantitative estimate of drug-likeness (QED) is 0.344. The molecule has 0 spiro atoms. The highest BCUT2D eigenvalue weighted by atomic mass is 16.7. The van der Waals surface area contributed by atoms with E-state index in [2.05, 4.69) is 44.0 Å². The summed E-state index contributed by atoms with van der Waals surface area (Å²) < 4.78 is 24.0. The summed E-state index contributed by atoms with van der Waals surface area (Å²) in [5.41, 5.74) is 2.27. The van der Waals surface area contributed by atoms with E-state index in [1.807, 2.05) is 30.3 Å². The van der Waals surface area contributed by atoms with Crippen LogP contribution in [0.5, 0.6) is 5.75 Å². The van der Waals surface area contributed by atoms with E-state index in [0.29, 0.717) is 6.61 Å². The molecule has 0 saturated carbocycles. The van der Waals surface area contributed by atoms with E-state index in [4.69, 9.17) is 25.4 Å². The molecular formula is C29H38O4. The van der Waals surface area contributed by atoms with Crippen molar-refractivity contribution >= 4 is 0 Å². The molecule has 4 nitrogen and oxygen atoms in total. The number of hydrogen-bond acceptors (Lipinski definition) is 4. The Bertz CT molecular complexity index is 853. The van der Waals surface area contributed by atoms with Crippen molar-refractivity contribution in [3.8, 4) is 18.1 Å². The van der Waals surface area contributed by atoms with Gasteiger partial charge in [0.2, 0.25) is 0 Å². The molecule has 0 aromatic heterocycles. The minimum absolute atomic E-state index is 0.0135. The van der Waals surface area contributed by atoms with Crippen molar-refractivity contribution in [1.82, 2.24) is 0 Å². The third kappa shape index (κ3) is 7.89. The molecule has 1 aliphatic rings. The summed E-state index contributed by atoms with van der Waals surface area (Å²) in [6.07, 6.45) is 10.6. The van der Waals surface area contributed by atoms with Crippen LogP contribution in [0.25, 0.3) is 0 Å². The smallest absolute Gasteiger partial charge is 0.158 e. The summed E-state index contributed by atoms with van der Waals surface area (Å²) >= 11 is 0. The zero-order valence-electron chi connectivity index (χ0n) is 20.2. The molecule has 1 unspecified atom stereocenters. The van der Waals surface area contributed by atoms with Gasteiger partial charge in [0.25, 0.3) is 0 Å². The predicted molar refractivity (Wildman–Crippen MR) is 132 cm³/mol. The van der Waals surface area contributed by atoms with E-state index < -0.39 is 0 Å². The van der Waals surface area contributed by atoms with Crippen molar-refractivity contribution in [2.45, 2.75) is 71.1 Å². The Balaban J connectivity index is 1.58. The molecule has 2 aromatic carbocycles. The van der Waals surface area contributed by atoms with Crippen molar-refractivity contribution in [2.75, 3.05) is 13.7 Å². The number of methoxy groups -OCH3 is 1. The Morgan fingerprint density at radius 3 is 2.58 bits per heavy atom. The first-order valence-corrected chi connectivity index (χ1v) is 12.1. The second-order valence-electron chi connectivity index (χ2n) is 8.98. The van der Waals surface area contributed by atoms with Crippen LogP contribution in [0.4, 0.5) is 0 Å². The van der Waals surface area contributed by atoms with Gasteiger partial charge in [-0.3, -0.25) is 0 Å². The molecule has 0 bridgehead atoms. The van der Waals surface area contributed by atoms with Crippen LogP contribution in [0.1, 0.15) is 63.2 Å². The molecule has 178 valence electrons. The number of hydrogen-bond donors (Lipinski definition) is 0. The molecule has 0 N–H and O–H groups in total. The Kier molecular flexibility index (Phi) is 10.3. The van der Waals surface area contributed by atoms with Gasteiger partial charge in [-0.2, -0.15) is 0 Å². The lowest BCUT2D eigenvalue weighted by Gasteiger charge is -2.33. The van der Waals surface area contributed by atoms with E-state index >= 15 is 0 Å². The molecular weight excluding hydrogens is 412 g/mol. The van der Waals surface area contributed by atoms with Crippen molar-refractivity contribution < 1.29 is 18.9 Å². The molecule has 1 saturated heterocycles. The lowest BCUT2D eigenvalue weighted by Crippen LogP contribution is -2.35. The summed E-state index contributed by atoms with van der Waals surface area (Å²) in [5, 5.41) is 0. The minimum Gasteiger partial charge on any atom is -0.489 e. The van der Waals surface area contributed by atoms with Gasteiger partial charge in [0, 0.05) is 19.6 Å². The number of rotatable bonds is 12. The van der Waals surface area contributed by atoms with E-state index in [1.165, 1.54) is 0 Å². The normalized spacial score (nSPS) is 19.8. The molecule has 1 heterocycles. The van der Waals surface area contributed by atoms with Crippen LogP contribution in [0, 0.1) is 24.2 Å². The summed E-state index contributed by atoms with van der Waals surface area (Å²) in [4.78, 5) is 0. The topological polar surface area (TPSA) is 36.9 Å². The highest BCUT2D eigenvalue weighted by molar-refractivity contribution is 5.30. The molecule has 0 radical (unpaired) electrons. The van der Waals surface area contributed by atoms with Gasteiger partial charge >= 0.3 is 0 Å². The van der Waals surface area contributed by atoms with Gasteiger partial charge in [0.1, 0.15) is 12.4 Å². The van der Waals surface area contributed by atoms with Crippen LogP contribution in [0.15, 0.2) is 54.6 Å². The van der Waals surface area contributed by atoms with E-state index in [9.17, 15) is 0 Å². The fourth-order valence-electron chi connectivity index (χ4n) is 4.38. The second-order valence-corrected chi connectivity index (χ2v) is 8.98. The van der Waals surface area contributed by atoms with Crippen molar-refractivity contribution in [2.24, 2.45) is 11.8 Å². The monoisotopic (exact) mass is 450 g/mol. The summed E-state index contributed by atoms with van der Waals surface area (Å²) in [6, 6.07) is 18.4. The third-order valence-corrected chi connectivity index (χ3v) is 6.41. The van der Waals surface area contributed by atoms with Crippen LogP contribution in [-0.4, -0.2) is 26.1 Å². The zero-order chi connectivity index (χ0) is 23.5. The first-order chi connectivity index (χ1) is 16.1. The first kappa shape index (κ1) is 25.3. The largest absolute Gasteiger partial charge is 0.489 e. The van der Waals surface area contributed by atoms with E-state index in [1.54, 1.807) is 7.11 Å². The Hall–Kier alpha value is -2.32. The molecule has 1 aliphatic heterocycles. The number of terminal acetylenes is 1. The van der Waals surface area contributed by atoms with Crippen molar-refractivity contribution in [3.05, 3.63) is 65.7 Å². The van der Waals surface area contributed by atoms with Crippen LogP contribution >= 0.6 is 0 Å². The second kappa shape index (κ2) is 13.4. The standard InChI is InChI=1S/C29H38O4/c1-5-22(2)29(33-28-16-9-10-19-31-28)23(3)17-18-27(30-4)25-14-11-15-26(20-25)32-21-24-12-7-6-8-13-24/h1,6-8,11-15,20,22-23,27-29H,9-10,16-19,21H2,2-4H3/t22-,23-,27-,28?,29-/m0/s1. The van der Waals surface area contributed by atoms with Gasteiger partial charge in [-0.05, 0) is 68.2 Å². The zero-order valence-corrected chi connectivity index (χ0v) is 20.2. The van der Waals surface area contributed by atoms with E-state index in [-0.39, 0.29) is 30.3 Å². The minimum atomic E-state index is -0.140. The van der Waals surface area contributed by atoms with Gasteiger partial charge in [0.05, 0.1) is 12.2 Å². The van der Waals surface area contributed by atoms with Crippen LogP contribution in [0.3, 0.4) is 0 Å². The third-order valence-electron chi connectivity index (χ3n) is 6.41. The van der Waals surface area contributed by atoms with Gasteiger partial charge in [-0.25, -0.2) is 0 Å². The summed E-state index contributed by atoms with van der Waals surface area (Å²) in [5.74, 6) is 4.04. The first-order valence-electron chi connectivity index (χ1n) is 12.1. The van der Waals surface area contributed by atoms with Crippen LogP contribution in [0.2, 0.25) is 0 Å². The molecule has 0 amide bonds. The lowest BCUT2D eigenvalue weighted by molar-refractivity contribution is -0.204. The van der Waals surface area contributed by atoms with Gasteiger partial charge in [0.15, 0.2) is 6.29 Å². The van der Waals surface area contributed by atoms with Gasteiger partial charge in [-0.1, -0.05) is 49.4 Å². The van der Waals surface area contributed by atoms with Gasteiger partial charge < -0.3 is 18.9 Å². The van der Waals surface area contributed by atoms with Crippen molar-refractivity contribution in [3.63, 3.8) is 0 Å². The van der Waals surface area contributed by atoms with Crippen molar-refractivity contribution in [1.29, 1.82) is 0 Å². The predicted octanol–water partition coefficient (Wildman–Crippen LogP) is 6.55. The van der Waals surface area contributed by atoms with Gasteiger partial charge in [-0.15, -0.1) is 12.3 Å². The Morgan fingerprint density at radius 1 is 1.06 bits per heavy atom. The summed E-state index contributed by atoms with van der Waals surface area (Å²) in [6.45, 7) is 5.59. The van der Waals surface area contributed by atoms with Crippen LogP contribution < -0.4 is 4.74 Å². The molecule has 5 atom stereocenters. The highest BCUT2D eigenvalue weighted by Gasteiger charge is 2.28. The Morgan fingerprint density at radius 2 is 1.88 bits per heavy atom. The lowest BCUT2D eigenvalue weighted by atomic mass is 9.88. The molecule has 33 heavy (non-hydrogen) atoms. The summed E-state index contributed by atoms with van der Waals surface area (Å²) in [7, 11) is 1.76. The highest BCUT2D eigenvalue weighted by Crippen LogP contribution is 2.31. The molecule has 1 fully saturated rings. The fraction of sp³-hybridized carbons (Fsp3) is 0.517. The average Bonchev–Trinajstić information content (AvgIpc) is 2.87. The Labute approximate surface area is 199 Å². The van der Waals surface area contributed by atoms with Crippen LogP contribution in [-0.2, 0) is 20.8 Å². The molecule has 4 heteroatoms. The number of benzene rings is 2. The average molecular weight is 451 g/mol. The maximum absolute atomic E-state index is 6.35. The fourth-order valence-corrected chi connectivity index (χ4v) is 4.38. The molecule has 0 aliphatic carbocycles. The maximum Gasteiger partial charge on any atom is 0.158 e.